The monoisotopic (exact) mass is 255 g/mol. The van der Waals surface area contributed by atoms with Crippen LogP contribution in [0.4, 0.5) is 0 Å². The molecule has 1 saturated carbocycles. The van der Waals surface area contributed by atoms with Gasteiger partial charge in [-0.05, 0) is 31.2 Å². The van der Waals surface area contributed by atoms with Crippen LogP contribution in [0.3, 0.4) is 0 Å². The zero-order valence-electron chi connectivity index (χ0n) is 12.9. The maximum Gasteiger partial charge on any atom is 0.0529 e. The van der Waals surface area contributed by atoms with E-state index in [1.807, 2.05) is 0 Å². The van der Waals surface area contributed by atoms with E-state index in [9.17, 15) is 0 Å². The summed E-state index contributed by atoms with van der Waals surface area (Å²) in [4.78, 5) is 0. The van der Waals surface area contributed by atoms with Crippen LogP contribution in [0.2, 0.25) is 0 Å². The minimum atomic E-state index is 0.254. The molecule has 0 amide bonds. The molecule has 0 spiro atoms. The molecule has 2 nitrogen and oxygen atoms in total. The lowest BCUT2D eigenvalue weighted by atomic mass is 9.90. The summed E-state index contributed by atoms with van der Waals surface area (Å²) in [6, 6.07) is 0. The highest BCUT2D eigenvalue weighted by Crippen LogP contribution is 2.24. The van der Waals surface area contributed by atoms with Crippen molar-refractivity contribution in [1.82, 2.24) is 5.32 Å². The molecule has 18 heavy (non-hydrogen) atoms. The fraction of sp³-hybridized carbons (Fsp3) is 1.00. The lowest BCUT2D eigenvalue weighted by Gasteiger charge is -2.28. The van der Waals surface area contributed by atoms with Crippen molar-refractivity contribution in [1.29, 1.82) is 0 Å². The van der Waals surface area contributed by atoms with Gasteiger partial charge in [-0.3, -0.25) is 0 Å². The Kier molecular flexibility index (Phi) is 7.25. The van der Waals surface area contributed by atoms with E-state index in [1.165, 1.54) is 32.1 Å². The zero-order chi connectivity index (χ0) is 13.4. The molecule has 0 bridgehead atoms. The Bertz CT molecular complexity index is 207. The summed E-state index contributed by atoms with van der Waals surface area (Å²) < 4.78 is 5.96. The molecule has 1 aliphatic rings. The standard InChI is InChI=1S/C16H33NO/c1-14(2)10-17-12-16(3,4)13-18-11-15-8-6-5-7-9-15/h14-15,17H,5-13H2,1-4H3. The first-order valence-electron chi connectivity index (χ1n) is 7.78. The Morgan fingerprint density at radius 3 is 2.44 bits per heavy atom. The summed E-state index contributed by atoms with van der Waals surface area (Å²) in [6.07, 6.45) is 7.01. The molecule has 0 radical (unpaired) electrons. The highest BCUT2D eigenvalue weighted by atomic mass is 16.5. The van der Waals surface area contributed by atoms with Crippen LogP contribution in [0.25, 0.3) is 0 Å². The molecular weight excluding hydrogens is 222 g/mol. The van der Waals surface area contributed by atoms with Crippen molar-refractivity contribution < 1.29 is 4.74 Å². The molecule has 1 rings (SSSR count). The Balaban J connectivity index is 2.08. The third-order valence-corrected chi connectivity index (χ3v) is 3.73. The van der Waals surface area contributed by atoms with Crippen LogP contribution in [0, 0.1) is 17.3 Å². The Hall–Kier alpha value is -0.0800. The number of hydrogen-bond donors (Lipinski definition) is 1. The maximum absolute atomic E-state index is 5.96. The summed E-state index contributed by atoms with van der Waals surface area (Å²) in [5.41, 5.74) is 0.254. The number of hydrogen-bond acceptors (Lipinski definition) is 2. The van der Waals surface area contributed by atoms with Gasteiger partial charge in [0.05, 0.1) is 6.61 Å². The molecule has 0 aromatic heterocycles. The summed E-state index contributed by atoms with van der Waals surface area (Å²) in [7, 11) is 0. The van der Waals surface area contributed by atoms with E-state index in [2.05, 4.69) is 33.0 Å². The van der Waals surface area contributed by atoms with Gasteiger partial charge in [-0.25, -0.2) is 0 Å². The molecule has 2 heteroatoms. The van der Waals surface area contributed by atoms with Crippen LogP contribution < -0.4 is 5.32 Å². The molecule has 0 aromatic carbocycles. The molecule has 0 atom stereocenters. The molecule has 1 aliphatic carbocycles. The predicted molar refractivity (Wildman–Crippen MR) is 78.9 cm³/mol. The van der Waals surface area contributed by atoms with E-state index < -0.39 is 0 Å². The quantitative estimate of drug-likeness (QED) is 0.711. The lowest BCUT2D eigenvalue weighted by molar-refractivity contribution is 0.0321. The van der Waals surface area contributed by atoms with E-state index in [0.717, 1.165) is 38.1 Å². The van der Waals surface area contributed by atoms with Crippen LogP contribution in [0.15, 0.2) is 0 Å². The fourth-order valence-corrected chi connectivity index (χ4v) is 2.61. The second-order valence-corrected chi connectivity index (χ2v) is 7.21. The van der Waals surface area contributed by atoms with Crippen LogP contribution >= 0.6 is 0 Å². The third kappa shape index (κ3) is 7.38. The molecule has 108 valence electrons. The van der Waals surface area contributed by atoms with Gasteiger partial charge in [0.1, 0.15) is 0 Å². The second-order valence-electron chi connectivity index (χ2n) is 7.21. The summed E-state index contributed by atoms with van der Waals surface area (Å²) in [6.45, 7) is 13.1. The van der Waals surface area contributed by atoms with Crippen molar-refractivity contribution in [2.24, 2.45) is 17.3 Å². The van der Waals surface area contributed by atoms with E-state index in [4.69, 9.17) is 4.74 Å². The molecule has 1 fully saturated rings. The predicted octanol–water partition coefficient (Wildman–Crippen LogP) is 3.86. The van der Waals surface area contributed by atoms with Gasteiger partial charge < -0.3 is 10.1 Å². The Morgan fingerprint density at radius 1 is 1.17 bits per heavy atom. The van der Waals surface area contributed by atoms with Gasteiger partial charge in [0.15, 0.2) is 0 Å². The smallest absolute Gasteiger partial charge is 0.0529 e. The molecule has 0 heterocycles. The van der Waals surface area contributed by atoms with Crippen LogP contribution in [-0.2, 0) is 4.74 Å². The number of rotatable bonds is 8. The van der Waals surface area contributed by atoms with Gasteiger partial charge in [-0.15, -0.1) is 0 Å². The SMILES string of the molecule is CC(C)CNCC(C)(C)COCC1CCCCC1. The van der Waals surface area contributed by atoms with Gasteiger partial charge in [-0.2, -0.15) is 0 Å². The zero-order valence-corrected chi connectivity index (χ0v) is 12.9. The average Bonchev–Trinajstić information content (AvgIpc) is 2.29. The van der Waals surface area contributed by atoms with E-state index >= 15 is 0 Å². The first-order valence-corrected chi connectivity index (χ1v) is 7.78. The van der Waals surface area contributed by atoms with Gasteiger partial charge in [0.2, 0.25) is 0 Å². The molecule has 1 N–H and O–H groups in total. The van der Waals surface area contributed by atoms with Gasteiger partial charge in [0.25, 0.3) is 0 Å². The normalized spacial score (nSPS) is 18.5. The van der Waals surface area contributed by atoms with Crippen molar-refractivity contribution in [3.8, 4) is 0 Å². The summed E-state index contributed by atoms with van der Waals surface area (Å²) in [5, 5.41) is 3.53. The Labute approximate surface area is 114 Å². The second kappa shape index (κ2) is 8.16. The largest absolute Gasteiger partial charge is 0.381 e. The van der Waals surface area contributed by atoms with Crippen molar-refractivity contribution in [3.05, 3.63) is 0 Å². The molecule has 0 unspecified atom stereocenters. The maximum atomic E-state index is 5.96. The van der Waals surface area contributed by atoms with E-state index in [1.54, 1.807) is 0 Å². The fourth-order valence-electron chi connectivity index (χ4n) is 2.61. The van der Waals surface area contributed by atoms with E-state index in [0.29, 0.717) is 0 Å². The summed E-state index contributed by atoms with van der Waals surface area (Å²) in [5.74, 6) is 1.56. The van der Waals surface area contributed by atoms with Gasteiger partial charge in [0, 0.05) is 18.6 Å². The lowest BCUT2D eigenvalue weighted by Crippen LogP contribution is -2.35. The van der Waals surface area contributed by atoms with Crippen molar-refractivity contribution >= 4 is 0 Å². The minimum Gasteiger partial charge on any atom is -0.381 e. The first kappa shape index (κ1) is 16.0. The molecule has 0 saturated heterocycles. The third-order valence-electron chi connectivity index (χ3n) is 3.73. The molecular formula is C16H33NO. The topological polar surface area (TPSA) is 21.3 Å². The van der Waals surface area contributed by atoms with Crippen LogP contribution in [0.5, 0.6) is 0 Å². The highest BCUT2D eigenvalue weighted by Gasteiger charge is 2.19. The molecule has 0 aliphatic heterocycles. The van der Waals surface area contributed by atoms with Crippen molar-refractivity contribution in [2.75, 3.05) is 26.3 Å². The average molecular weight is 255 g/mol. The number of ether oxygens (including phenoxy) is 1. The minimum absolute atomic E-state index is 0.254. The Morgan fingerprint density at radius 2 is 1.83 bits per heavy atom. The van der Waals surface area contributed by atoms with Gasteiger partial charge in [-0.1, -0.05) is 47.0 Å². The first-order chi connectivity index (χ1) is 8.49. The van der Waals surface area contributed by atoms with Crippen LogP contribution in [-0.4, -0.2) is 26.3 Å². The van der Waals surface area contributed by atoms with Crippen molar-refractivity contribution in [2.45, 2.75) is 59.8 Å². The van der Waals surface area contributed by atoms with Gasteiger partial charge >= 0.3 is 0 Å². The molecule has 0 aromatic rings. The number of nitrogens with one attached hydrogen (secondary N) is 1. The van der Waals surface area contributed by atoms with E-state index in [-0.39, 0.29) is 5.41 Å². The van der Waals surface area contributed by atoms with Crippen LogP contribution in [0.1, 0.15) is 59.8 Å². The summed E-state index contributed by atoms with van der Waals surface area (Å²) >= 11 is 0. The highest BCUT2D eigenvalue weighted by molar-refractivity contribution is 4.72. The van der Waals surface area contributed by atoms with Crippen molar-refractivity contribution in [3.63, 3.8) is 0 Å².